The van der Waals surface area contributed by atoms with Gasteiger partial charge in [-0.1, -0.05) is 0 Å². The highest BCUT2D eigenvalue weighted by molar-refractivity contribution is 5.95. The molecule has 1 aromatic rings. The number of carbonyl (C=O) groups is 1. The Kier molecular flexibility index (Phi) is 5.09. The Morgan fingerprint density at radius 2 is 2.22 bits per heavy atom. The molecule has 0 heterocycles. The predicted octanol–water partition coefficient (Wildman–Crippen LogP) is 1.90. The van der Waals surface area contributed by atoms with Crippen molar-refractivity contribution < 1.29 is 13.9 Å². The lowest BCUT2D eigenvalue weighted by atomic mass is 10.1. The van der Waals surface area contributed by atoms with Gasteiger partial charge in [-0.25, -0.2) is 4.39 Å². The number of methoxy groups -OCH3 is 1. The summed E-state index contributed by atoms with van der Waals surface area (Å²) < 4.78 is 18.1. The summed E-state index contributed by atoms with van der Waals surface area (Å²) in [7, 11) is 1.59. The van der Waals surface area contributed by atoms with Gasteiger partial charge in [-0.3, -0.25) is 4.79 Å². The average molecular weight is 254 g/mol. The average Bonchev–Trinajstić information content (AvgIpc) is 2.33. The smallest absolute Gasteiger partial charge is 0.254 e. The first-order chi connectivity index (χ1) is 8.51. The lowest BCUT2D eigenvalue weighted by Crippen LogP contribution is -2.40. The van der Waals surface area contributed by atoms with Crippen LogP contribution in [0, 0.1) is 5.82 Å². The van der Waals surface area contributed by atoms with Crippen LogP contribution in [-0.2, 0) is 4.74 Å². The van der Waals surface area contributed by atoms with E-state index < -0.39 is 5.82 Å². The van der Waals surface area contributed by atoms with E-state index in [0.29, 0.717) is 18.7 Å². The van der Waals surface area contributed by atoms with Crippen LogP contribution >= 0.6 is 0 Å². The van der Waals surface area contributed by atoms with E-state index in [9.17, 15) is 9.18 Å². The molecule has 1 aromatic carbocycles. The van der Waals surface area contributed by atoms with E-state index in [-0.39, 0.29) is 17.6 Å². The summed E-state index contributed by atoms with van der Waals surface area (Å²) in [6, 6.07) is 3.96. The third-order valence-electron chi connectivity index (χ3n) is 2.78. The van der Waals surface area contributed by atoms with Gasteiger partial charge >= 0.3 is 0 Å². The molecule has 0 aliphatic rings. The minimum atomic E-state index is -0.514. The van der Waals surface area contributed by atoms with Crippen molar-refractivity contribution in [3.8, 4) is 0 Å². The molecular formula is C13H19FN2O2. The van der Waals surface area contributed by atoms with Crippen LogP contribution < -0.4 is 5.73 Å². The van der Waals surface area contributed by atoms with Crippen molar-refractivity contribution >= 4 is 11.6 Å². The van der Waals surface area contributed by atoms with Crippen molar-refractivity contribution in [2.24, 2.45) is 0 Å². The summed E-state index contributed by atoms with van der Waals surface area (Å²) in [6.45, 7) is 4.80. The Bertz CT molecular complexity index is 423. The van der Waals surface area contributed by atoms with Crippen LogP contribution in [0.4, 0.5) is 10.1 Å². The fourth-order valence-electron chi connectivity index (χ4n) is 1.83. The van der Waals surface area contributed by atoms with Gasteiger partial charge in [0.15, 0.2) is 0 Å². The lowest BCUT2D eigenvalue weighted by molar-refractivity contribution is 0.0579. The third-order valence-corrected chi connectivity index (χ3v) is 2.78. The number of nitrogen functional groups attached to an aromatic ring is 1. The fourth-order valence-corrected chi connectivity index (χ4v) is 1.83. The second kappa shape index (κ2) is 6.35. The van der Waals surface area contributed by atoms with Gasteiger partial charge in [-0.05, 0) is 32.0 Å². The molecule has 1 amide bonds. The molecule has 4 nitrogen and oxygen atoms in total. The zero-order chi connectivity index (χ0) is 13.7. The lowest BCUT2D eigenvalue weighted by Gasteiger charge is -2.27. The molecule has 18 heavy (non-hydrogen) atoms. The molecule has 0 fully saturated rings. The molecular weight excluding hydrogens is 235 g/mol. The number of ether oxygens (including phenoxy) is 1. The molecule has 100 valence electrons. The normalized spacial score (nSPS) is 12.2. The van der Waals surface area contributed by atoms with Crippen LogP contribution in [0.15, 0.2) is 18.2 Å². The van der Waals surface area contributed by atoms with Crippen LogP contribution in [0.5, 0.6) is 0 Å². The maximum absolute atomic E-state index is 13.1. The maximum Gasteiger partial charge on any atom is 0.254 e. The highest BCUT2D eigenvalue weighted by Crippen LogP contribution is 2.15. The van der Waals surface area contributed by atoms with Crippen LogP contribution in [0.3, 0.4) is 0 Å². The van der Waals surface area contributed by atoms with E-state index in [1.807, 2.05) is 13.8 Å². The molecule has 0 saturated heterocycles. The Hall–Kier alpha value is -1.62. The van der Waals surface area contributed by atoms with Crippen molar-refractivity contribution in [2.75, 3.05) is 26.0 Å². The van der Waals surface area contributed by atoms with E-state index in [1.54, 1.807) is 12.0 Å². The molecule has 2 N–H and O–H groups in total. The number of amides is 1. The zero-order valence-corrected chi connectivity index (χ0v) is 10.9. The number of hydrogen-bond acceptors (Lipinski definition) is 3. The Morgan fingerprint density at radius 3 is 2.72 bits per heavy atom. The van der Waals surface area contributed by atoms with Crippen molar-refractivity contribution in [3.05, 3.63) is 29.6 Å². The second-order valence-electron chi connectivity index (χ2n) is 4.13. The van der Waals surface area contributed by atoms with Gasteiger partial charge < -0.3 is 15.4 Å². The van der Waals surface area contributed by atoms with Gasteiger partial charge in [0.1, 0.15) is 5.82 Å². The summed E-state index contributed by atoms with van der Waals surface area (Å²) in [4.78, 5) is 13.9. The SMILES string of the molecule is CCN(C(=O)c1ccc(F)c(N)c1)C(C)COC. The number of hydrogen-bond donors (Lipinski definition) is 1. The Labute approximate surface area is 107 Å². The number of nitrogens with two attached hydrogens (primary N) is 1. The summed E-state index contributed by atoms with van der Waals surface area (Å²) in [5.41, 5.74) is 5.83. The van der Waals surface area contributed by atoms with Crippen LogP contribution in [0.2, 0.25) is 0 Å². The molecule has 5 heteroatoms. The van der Waals surface area contributed by atoms with Crippen molar-refractivity contribution in [1.29, 1.82) is 0 Å². The molecule has 0 radical (unpaired) electrons. The highest BCUT2D eigenvalue weighted by atomic mass is 19.1. The first-order valence-corrected chi connectivity index (χ1v) is 5.86. The summed E-state index contributed by atoms with van der Waals surface area (Å²) >= 11 is 0. The van der Waals surface area contributed by atoms with Gasteiger partial charge in [0, 0.05) is 19.2 Å². The molecule has 0 aromatic heterocycles. The summed E-state index contributed by atoms with van der Waals surface area (Å²) in [5, 5.41) is 0. The first-order valence-electron chi connectivity index (χ1n) is 5.86. The van der Waals surface area contributed by atoms with Gasteiger partial charge in [0.05, 0.1) is 18.3 Å². The van der Waals surface area contributed by atoms with E-state index >= 15 is 0 Å². The Balaban J connectivity index is 2.92. The number of rotatable bonds is 5. The van der Waals surface area contributed by atoms with Crippen LogP contribution in [0.25, 0.3) is 0 Å². The molecule has 1 atom stereocenters. The highest BCUT2D eigenvalue weighted by Gasteiger charge is 2.20. The largest absolute Gasteiger partial charge is 0.396 e. The van der Waals surface area contributed by atoms with Gasteiger partial charge in [-0.15, -0.1) is 0 Å². The quantitative estimate of drug-likeness (QED) is 0.816. The molecule has 0 aliphatic carbocycles. The number of likely N-dealkylation sites (N-methyl/N-ethyl adjacent to an activating group) is 1. The van der Waals surface area contributed by atoms with E-state index in [0.717, 1.165) is 0 Å². The number of halogens is 1. The number of anilines is 1. The molecule has 0 saturated carbocycles. The van der Waals surface area contributed by atoms with Gasteiger partial charge in [0.25, 0.3) is 5.91 Å². The molecule has 1 unspecified atom stereocenters. The van der Waals surface area contributed by atoms with Gasteiger partial charge in [0.2, 0.25) is 0 Å². The van der Waals surface area contributed by atoms with Crippen LogP contribution in [-0.4, -0.2) is 37.1 Å². The standard InChI is InChI=1S/C13H19FN2O2/c1-4-16(9(2)8-18-3)13(17)10-5-6-11(14)12(15)7-10/h5-7,9H,4,8,15H2,1-3H3. The molecule has 0 spiro atoms. The monoisotopic (exact) mass is 254 g/mol. The van der Waals surface area contributed by atoms with Crippen molar-refractivity contribution in [2.45, 2.75) is 19.9 Å². The van der Waals surface area contributed by atoms with E-state index in [1.165, 1.54) is 18.2 Å². The van der Waals surface area contributed by atoms with Gasteiger partial charge in [-0.2, -0.15) is 0 Å². The fraction of sp³-hybridized carbons (Fsp3) is 0.462. The first kappa shape index (κ1) is 14.4. The number of carbonyl (C=O) groups excluding carboxylic acids is 1. The van der Waals surface area contributed by atoms with Crippen molar-refractivity contribution in [1.82, 2.24) is 4.90 Å². The molecule has 0 aliphatic heterocycles. The molecule has 1 rings (SSSR count). The topological polar surface area (TPSA) is 55.6 Å². The number of nitrogens with zero attached hydrogens (tertiary/aromatic N) is 1. The van der Waals surface area contributed by atoms with Crippen molar-refractivity contribution in [3.63, 3.8) is 0 Å². The second-order valence-corrected chi connectivity index (χ2v) is 4.13. The minimum absolute atomic E-state index is 0.0173. The van der Waals surface area contributed by atoms with E-state index in [2.05, 4.69) is 0 Å². The summed E-state index contributed by atoms with van der Waals surface area (Å²) in [5.74, 6) is -0.687. The predicted molar refractivity (Wildman–Crippen MR) is 68.9 cm³/mol. The van der Waals surface area contributed by atoms with E-state index in [4.69, 9.17) is 10.5 Å². The van der Waals surface area contributed by atoms with Crippen LogP contribution in [0.1, 0.15) is 24.2 Å². The molecule has 0 bridgehead atoms. The Morgan fingerprint density at radius 1 is 1.56 bits per heavy atom. The summed E-state index contributed by atoms with van der Waals surface area (Å²) in [6.07, 6.45) is 0. The zero-order valence-electron chi connectivity index (χ0n) is 10.9. The third kappa shape index (κ3) is 3.20. The maximum atomic E-state index is 13.1. The number of benzene rings is 1. The minimum Gasteiger partial charge on any atom is -0.396 e.